The van der Waals surface area contributed by atoms with Crippen molar-refractivity contribution in [2.75, 3.05) is 13.2 Å². The van der Waals surface area contributed by atoms with Crippen LogP contribution in [0.1, 0.15) is 18.1 Å². The van der Waals surface area contributed by atoms with Crippen LogP contribution in [0.2, 0.25) is 5.02 Å². The first-order valence-electron chi connectivity index (χ1n) is 11.1. The maximum atomic E-state index is 13.4. The van der Waals surface area contributed by atoms with Gasteiger partial charge in [0.2, 0.25) is 0 Å². The molecule has 0 amide bonds. The Bertz CT molecular complexity index is 1580. The van der Waals surface area contributed by atoms with Gasteiger partial charge in [-0.2, -0.15) is 22.9 Å². The molecule has 0 N–H and O–H groups in total. The summed E-state index contributed by atoms with van der Waals surface area (Å²) in [6.07, 6.45) is -3.28. The molecule has 4 rings (SSSR count). The van der Waals surface area contributed by atoms with Crippen LogP contribution in [0.4, 0.5) is 13.2 Å². The average Bonchev–Trinajstić information content (AvgIpc) is 2.87. The van der Waals surface area contributed by atoms with Gasteiger partial charge in [0.05, 0.1) is 38.8 Å². The lowest BCUT2D eigenvalue weighted by molar-refractivity contribution is -0.145. The van der Waals surface area contributed by atoms with E-state index in [2.05, 4.69) is 26.0 Å². The van der Waals surface area contributed by atoms with Crippen LogP contribution in [-0.4, -0.2) is 35.1 Å². The van der Waals surface area contributed by atoms with Crippen LogP contribution in [0, 0.1) is 0 Å². The molecular formula is C26H18BrClF3N3O4. The Morgan fingerprint density at radius 1 is 1.16 bits per heavy atom. The van der Waals surface area contributed by atoms with Crippen molar-refractivity contribution in [1.29, 1.82) is 0 Å². The number of ether oxygens (including phenoxy) is 2. The van der Waals surface area contributed by atoms with Crippen molar-refractivity contribution < 1.29 is 27.4 Å². The number of fused-ring (bicyclic) bond motifs is 1. The van der Waals surface area contributed by atoms with E-state index in [1.54, 1.807) is 37.3 Å². The first-order valence-corrected chi connectivity index (χ1v) is 12.3. The molecule has 1 aromatic heterocycles. The summed E-state index contributed by atoms with van der Waals surface area (Å²) in [6.45, 7) is 1.53. The van der Waals surface area contributed by atoms with Crippen molar-refractivity contribution in [3.8, 4) is 17.1 Å². The molecule has 0 radical (unpaired) electrons. The maximum Gasteiger partial charge on any atom is 0.416 e. The molecule has 0 fully saturated rings. The lowest BCUT2D eigenvalue weighted by Crippen LogP contribution is -2.20. The van der Waals surface area contributed by atoms with Gasteiger partial charge in [-0.1, -0.05) is 35.9 Å². The summed E-state index contributed by atoms with van der Waals surface area (Å²) >= 11 is 9.64. The van der Waals surface area contributed by atoms with Gasteiger partial charge in [-0.3, -0.25) is 4.79 Å². The minimum atomic E-state index is -4.58. The topological polar surface area (TPSA) is 82.8 Å². The highest BCUT2D eigenvalue weighted by atomic mass is 79.9. The highest BCUT2D eigenvalue weighted by Crippen LogP contribution is 2.34. The monoisotopic (exact) mass is 607 g/mol. The lowest BCUT2D eigenvalue weighted by Gasteiger charge is -2.12. The number of esters is 1. The molecule has 0 unspecified atom stereocenters. The van der Waals surface area contributed by atoms with Crippen molar-refractivity contribution in [3.05, 3.63) is 91.6 Å². The molecule has 0 saturated carbocycles. The fourth-order valence-corrected chi connectivity index (χ4v) is 4.49. The molecule has 38 heavy (non-hydrogen) atoms. The van der Waals surface area contributed by atoms with E-state index in [0.717, 1.165) is 16.8 Å². The number of hydrogen-bond donors (Lipinski definition) is 0. The third kappa shape index (κ3) is 6.05. The zero-order valence-corrected chi connectivity index (χ0v) is 22.0. The van der Waals surface area contributed by atoms with Crippen LogP contribution >= 0.6 is 27.5 Å². The second-order valence-electron chi connectivity index (χ2n) is 7.80. The summed E-state index contributed by atoms with van der Waals surface area (Å²) in [5.41, 5.74) is -0.659. The minimum Gasteiger partial charge on any atom is -0.479 e. The predicted molar refractivity (Wildman–Crippen MR) is 141 cm³/mol. The van der Waals surface area contributed by atoms with Crippen molar-refractivity contribution in [2.24, 2.45) is 5.10 Å². The van der Waals surface area contributed by atoms with Gasteiger partial charge in [0.15, 0.2) is 18.2 Å². The largest absolute Gasteiger partial charge is 0.479 e. The maximum absolute atomic E-state index is 13.4. The first kappa shape index (κ1) is 27.3. The Labute approximate surface area is 227 Å². The van der Waals surface area contributed by atoms with Crippen molar-refractivity contribution in [1.82, 2.24) is 9.66 Å². The molecule has 0 saturated heterocycles. The first-order chi connectivity index (χ1) is 18.1. The molecular weight excluding hydrogens is 591 g/mol. The molecule has 7 nitrogen and oxygen atoms in total. The van der Waals surface area contributed by atoms with Crippen LogP contribution in [0.25, 0.3) is 22.3 Å². The average molecular weight is 609 g/mol. The van der Waals surface area contributed by atoms with Crippen LogP contribution in [0.15, 0.2) is 75.0 Å². The Balaban J connectivity index is 1.77. The van der Waals surface area contributed by atoms with E-state index >= 15 is 0 Å². The highest BCUT2D eigenvalue weighted by molar-refractivity contribution is 9.10. The number of hydrogen-bond acceptors (Lipinski definition) is 6. The van der Waals surface area contributed by atoms with Crippen LogP contribution in [0.3, 0.4) is 0 Å². The number of alkyl halides is 3. The fourth-order valence-electron chi connectivity index (χ4n) is 3.50. The van der Waals surface area contributed by atoms with E-state index in [9.17, 15) is 22.8 Å². The number of nitrogens with zero attached hydrogens (tertiary/aromatic N) is 3. The van der Waals surface area contributed by atoms with Gasteiger partial charge >= 0.3 is 12.1 Å². The summed E-state index contributed by atoms with van der Waals surface area (Å²) < 4.78 is 51.7. The van der Waals surface area contributed by atoms with Crippen molar-refractivity contribution >= 4 is 50.6 Å². The van der Waals surface area contributed by atoms with Crippen molar-refractivity contribution in [2.45, 2.75) is 13.1 Å². The number of aromatic nitrogens is 2. The highest BCUT2D eigenvalue weighted by Gasteiger charge is 2.31. The Morgan fingerprint density at radius 3 is 2.63 bits per heavy atom. The van der Waals surface area contributed by atoms with E-state index in [1.807, 2.05) is 0 Å². The third-order valence-electron chi connectivity index (χ3n) is 5.18. The molecule has 0 atom stereocenters. The quantitative estimate of drug-likeness (QED) is 0.181. The molecule has 0 aliphatic heterocycles. The van der Waals surface area contributed by atoms with Crippen LogP contribution in [-0.2, 0) is 15.7 Å². The Kier molecular flexibility index (Phi) is 8.17. The zero-order chi connectivity index (χ0) is 27.4. The zero-order valence-electron chi connectivity index (χ0n) is 19.6. The number of rotatable bonds is 7. The summed E-state index contributed by atoms with van der Waals surface area (Å²) in [5, 5.41) is 4.63. The smallest absolute Gasteiger partial charge is 0.416 e. The molecule has 0 aliphatic carbocycles. The SMILES string of the molecule is CCOC(=O)COc1c(Cl)cc(C=Nn2c(-c3cccc(C(F)(F)F)c3)nc3ccccc3c2=O)cc1Br. The van der Waals surface area contributed by atoms with E-state index in [4.69, 9.17) is 21.1 Å². The molecule has 12 heteroatoms. The summed E-state index contributed by atoms with van der Waals surface area (Å²) in [4.78, 5) is 29.3. The molecule has 4 aromatic rings. The second kappa shape index (κ2) is 11.4. The normalized spacial score (nSPS) is 11.7. The number of carbonyl (C=O) groups excluding carboxylic acids is 1. The molecule has 0 spiro atoms. The minimum absolute atomic E-state index is 0.0572. The summed E-state index contributed by atoms with van der Waals surface area (Å²) in [6, 6.07) is 14.0. The summed E-state index contributed by atoms with van der Waals surface area (Å²) in [7, 11) is 0. The van der Waals surface area contributed by atoms with Gasteiger partial charge in [0, 0.05) is 5.56 Å². The van der Waals surface area contributed by atoms with Gasteiger partial charge in [-0.25, -0.2) is 9.78 Å². The van der Waals surface area contributed by atoms with Gasteiger partial charge in [0.25, 0.3) is 5.56 Å². The molecule has 196 valence electrons. The standard InChI is InChI=1S/C26H18BrClF3N3O4/c1-2-37-22(35)14-38-23-19(27)10-15(11-20(23)28)13-32-34-24(16-6-5-7-17(12-16)26(29,30)31)33-21-9-4-3-8-18(21)25(34)36/h3-13H,2,14H2,1H3. The Hall–Kier alpha value is -3.70. The van der Waals surface area contributed by atoms with Crippen LogP contribution < -0.4 is 10.3 Å². The van der Waals surface area contributed by atoms with Gasteiger partial charge < -0.3 is 9.47 Å². The Morgan fingerprint density at radius 2 is 1.92 bits per heavy atom. The van der Waals surface area contributed by atoms with E-state index in [0.29, 0.717) is 15.6 Å². The van der Waals surface area contributed by atoms with E-state index < -0.39 is 23.3 Å². The number of para-hydroxylation sites is 1. The predicted octanol–water partition coefficient (Wildman–Crippen LogP) is 6.32. The fraction of sp³-hybridized carbons (Fsp3) is 0.154. The molecule has 1 heterocycles. The summed E-state index contributed by atoms with van der Waals surface area (Å²) in [5.74, 6) is -0.437. The number of carbonyl (C=O) groups is 1. The van der Waals surface area contributed by atoms with Gasteiger partial charge in [-0.05, 0) is 64.8 Å². The van der Waals surface area contributed by atoms with Gasteiger partial charge in [-0.15, -0.1) is 0 Å². The molecule has 0 aliphatic rings. The van der Waals surface area contributed by atoms with Crippen LogP contribution in [0.5, 0.6) is 5.75 Å². The number of halogens is 5. The van der Waals surface area contributed by atoms with Crippen molar-refractivity contribution in [3.63, 3.8) is 0 Å². The van der Waals surface area contributed by atoms with Gasteiger partial charge in [0.1, 0.15) is 0 Å². The lowest BCUT2D eigenvalue weighted by atomic mass is 10.1. The molecule has 0 bridgehead atoms. The molecule has 3 aromatic carbocycles. The second-order valence-corrected chi connectivity index (χ2v) is 9.06. The third-order valence-corrected chi connectivity index (χ3v) is 6.05. The number of benzene rings is 3. The van der Waals surface area contributed by atoms with E-state index in [-0.39, 0.29) is 40.8 Å². The van der Waals surface area contributed by atoms with E-state index in [1.165, 1.54) is 24.4 Å².